The van der Waals surface area contributed by atoms with Gasteiger partial charge in [-0.2, -0.15) is 5.10 Å². The summed E-state index contributed by atoms with van der Waals surface area (Å²) in [5.74, 6) is 0.133. The van der Waals surface area contributed by atoms with Crippen LogP contribution >= 0.6 is 0 Å². The first kappa shape index (κ1) is 19.9. The molecule has 4 rings (SSSR count). The first-order chi connectivity index (χ1) is 13.8. The number of hydrazone groups is 1. The summed E-state index contributed by atoms with van der Waals surface area (Å²) >= 11 is 0. The second kappa shape index (κ2) is 7.44. The summed E-state index contributed by atoms with van der Waals surface area (Å²) in [6, 6.07) is 3.37. The molecule has 0 spiro atoms. The molecule has 1 fully saturated rings. The molecule has 1 atom stereocenters. The van der Waals surface area contributed by atoms with Gasteiger partial charge < -0.3 is 9.64 Å². The molecule has 0 N–H and O–H groups in total. The van der Waals surface area contributed by atoms with Crippen LogP contribution in [-0.4, -0.2) is 62.2 Å². The lowest BCUT2D eigenvalue weighted by atomic mass is 9.95. The Morgan fingerprint density at radius 1 is 1.24 bits per heavy atom. The summed E-state index contributed by atoms with van der Waals surface area (Å²) in [6.45, 7) is 2.57. The molecule has 0 aliphatic carbocycles. The summed E-state index contributed by atoms with van der Waals surface area (Å²) in [5, 5.41) is 5.58. The average molecular weight is 420 g/mol. The van der Waals surface area contributed by atoms with Crippen molar-refractivity contribution in [2.24, 2.45) is 5.10 Å². The minimum atomic E-state index is -3.16. The molecule has 8 nitrogen and oxygen atoms in total. The number of fused-ring (bicyclic) bond motifs is 1. The number of amides is 2. The Labute approximate surface area is 170 Å². The number of hydrogen-bond acceptors (Lipinski definition) is 6. The lowest BCUT2D eigenvalue weighted by Crippen LogP contribution is -2.46. The van der Waals surface area contributed by atoms with E-state index in [9.17, 15) is 18.0 Å². The average Bonchev–Trinajstić information content (AvgIpc) is 3.07. The van der Waals surface area contributed by atoms with Crippen molar-refractivity contribution >= 4 is 33.1 Å². The number of carbonyl (C=O) groups excluding carboxylic acids is 2. The molecule has 2 amide bonds. The van der Waals surface area contributed by atoms with Crippen LogP contribution in [0.15, 0.2) is 17.2 Å². The van der Waals surface area contributed by atoms with E-state index in [2.05, 4.69) is 5.10 Å². The maximum absolute atomic E-state index is 13.4. The zero-order chi connectivity index (χ0) is 20.8. The zero-order valence-corrected chi connectivity index (χ0v) is 17.5. The highest BCUT2D eigenvalue weighted by Gasteiger charge is 2.38. The normalized spacial score (nSPS) is 23.6. The third-order valence-corrected chi connectivity index (χ3v) is 7.63. The Hall–Kier alpha value is -2.42. The number of aryl methyl sites for hydroxylation is 1. The topological polar surface area (TPSA) is 96.3 Å². The molecule has 1 aromatic carbocycles. The Kier molecular flexibility index (Phi) is 5.10. The second-order valence-electron chi connectivity index (χ2n) is 7.81. The van der Waals surface area contributed by atoms with Gasteiger partial charge in [0.25, 0.3) is 5.91 Å². The van der Waals surface area contributed by atoms with Crippen molar-refractivity contribution in [2.75, 3.05) is 30.1 Å². The minimum absolute atomic E-state index is 0.0518. The van der Waals surface area contributed by atoms with Gasteiger partial charge in [0, 0.05) is 19.4 Å². The van der Waals surface area contributed by atoms with Crippen molar-refractivity contribution in [3.8, 4) is 5.75 Å². The fraction of sp³-hybridized carbons (Fsp3) is 0.550. The zero-order valence-electron chi connectivity index (χ0n) is 16.7. The van der Waals surface area contributed by atoms with Crippen molar-refractivity contribution in [3.63, 3.8) is 0 Å². The van der Waals surface area contributed by atoms with Gasteiger partial charge in [0.1, 0.15) is 11.5 Å². The Balaban J connectivity index is 1.66. The molecule has 0 saturated carbocycles. The van der Waals surface area contributed by atoms with Crippen LogP contribution in [0.2, 0.25) is 0 Å². The number of methoxy groups -OCH3 is 1. The molecule has 0 bridgehead atoms. The van der Waals surface area contributed by atoms with Crippen molar-refractivity contribution in [1.29, 1.82) is 0 Å². The van der Waals surface area contributed by atoms with Crippen LogP contribution in [0.5, 0.6) is 5.75 Å². The fourth-order valence-electron chi connectivity index (χ4n) is 4.36. The van der Waals surface area contributed by atoms with Crippen molar-refractivity contribution < 1.29 is 22.7 Å². The van der Waals surface area contributed by atoms with E-state index in [1.54, 1.807) is 12.0 Å². The smallest absolute Gasteiger partial charge is 0.274 e. The van der Waals surface area contributed by atoms with Gasteiger partial charge in [-0.05, 0) is 43.4 Å². The standard InChI is InChI=1S/C20H25N3O5S/c1-13-5-7-17(28-2)19-15(13)4-3-10-22(19)20(25)16-6-8-18(24)23(21-16)14-9-11-29(26,27)12-14/h5,7,14H,3-4,6,8-12H2,1-2H3. The number of nitrogens with zero attached hydrogens (tertiary/aromatic N) is 3. The van der Waals surface area contributed by atoms with Gasteiger partial charge in [0.05, 0.1) is 30.3 Å². The van der Waals surface area contributed by atoms with Gasteiger partial charge in [-0.15, -0.1) is 0 Å². The molecule has 1 aromatic rings. The van der Waals surface area contributed by atoms with Crippen LogP contribution < -0.4 is 9.64 Å². The van der Waals surface area contributed by atoms with Crippen LogP contribution in [0.3, 0.4) is 0 Å². The first-order valence-corrected chi connectivity index (χ1v) is 11.7. The number of rotatable bonds is 3. The molecule has 156 valence electrons. The first-order valence-electron chi connectivity index (χ1n) is 9.89. The van der Waals surface area contributed by atoms with E-state index in [4.69, 9.17) is 4.74 Å². The molecule has 3 aliphatic heterocycles. The van der Waals surface area contributed by atoms with Crippen LogP contribution in [-0.2, 0) is 25.8 Å². The summed E-state index contributed by atoms with van der Waals surface area (Å²) in [4.78, 5) is 27.4. The number of hydrogen-bond donors (Lipinski definition) is 0. The summed E-state index contributed by atoms with van der Waals surface area (Å²) < 4.78 is 29.1. The second-order valence-corrected chi connectivity index (χ2v) is 10.0. The largest absolute Gasteiger partial charge is 0.495 e. The van der Waals surface area contributed by atoms with E-state index in [-0.39, 0.29) is 36.2 Å². The molecule has 3 aliphatic rings. The van der Waals surface area contributed by atoms with E-state index in [1.165, 1.54) is 5.01 Å². The van der Waals surface area contributed by atoms with E-state index in [0.717, 1.165) is 29.7 Å². The number of anilines is 1. The number of carbonyl (C=O) groups is 2. The Morgan fingerprint density at radius 3 is 2.72 bits per heavy atom. The van der Waals surface area contributed by atoms with Crippen LogP contribution in [0.25, 0.3) is 0 Å². The lowest BCUT2D eigenvalue weighted by molar-refractivity contribution is -0.133. The summed E-state index contributed by atoms with van der Waals surface area (Å²) in [7, 11) is -1.57. The maximum Gasteiger partial charge on any atom is 0.274 e. The summed E-state index contributed by atoms with van der Waals surface area (Å²) in [5.41, 5.74) is 3.27. The van der Waals surface area contributed by atoms with E-state index >= 15 is 0 Å². The van der Waals surface area contributed by atoms with Gasteiger partial charge in [-0.25, -0.2) is 13.4 Å². The van der Waals surface area contributed by atoms with Gasteiger partial charge >= 0.3 is 0 Å². The van der Waals surface area contributed by atoms with Gasteiger partial charge in [0.2, 0.25) is 5.91 Å². The maximum atomic E-state index is 13.4. The van der Waals surface area contributed by atoms with Crippen LogP contribution in [0.4, 0.5) is 5.69 Å². The van der Waals surface area contributed by atoms with E-state index < -0.39 is 15.9 Å². The molecular formula is C20H25N3O5S. The van der Waals surface area contributed by atoms with Gasteiger partial charge in [-0.1, -0.05) is 6.07 Å². The van der Waals surface area contributed by atoms with Crippen LogP contribution in [0.1, 0.15) is 36.8 Å². The molecule has 29 heavy (non-hydrogen) atoms. The summed E-state index contributed by atoms with van der Waals surface area (Å²) in [6.07, 6.45) is 2.49. The lowest BCUT2D eigenvalue weighted by Gasteiger charge is -2.34. The Bertz CT molecular complexity index is 1000. The van der Waals surface area contributed by atoms with Crippen molar-refractivity contribution in [3.05, 3.63) is 23.3 Å². The van der Waals surface area contributed by atoms with E-state index in [0.29, 0.717) is 24.4 Å². The minimum Gasteiger partial charge on any atom is -0.495 e. The molecule has 1 unspecified atom stereocenters. The van der Waals surface area contributed by atoms with Crippen molar-refractivity contribution in [1.82, 2.24) is 5.01 Å². The van der Waals surface area contributed by atoms with Crippen molar-refractivity contribution in [2.45, 2.75) is 45.1 Å². The highest BCUT2D eigenvalue weighted by Crippen LogP contribution is 2.38. The molecule has 0 aromatic heterocycles. The SMILES string of the molecule is COc1ccc(C)c2c1N(C(=O)C1=NN(C3CCS(=O)(=O)C3)C(=O)CC1)CCC2. The predicted octanol–water partition coefficient (Wildman–Crippen LogP) is 1.45. The number of sulfone groups is 1. The molecule has 1 saturated heterocycles. The number of ether oxygens (including phenoxy) is 1. The molecule has 9 heteroatoms. The van der Waals surface area contributed by atoms with E-state index in [1.807, 2.05) is 19.1 Å². The molecular weight excluding hydrogens is 394 g/mol. The third-order valence-electron chi connectivity index (χ3n) is 5.88. The highest BCUT2D eigenvalue weighted by molar-refractivity contribution is 7.91. The predicted molar refractivity (Wildman–Crippen MR) is 109 cm³/mol. The fourth-order valence-corrected chi connectivity index (χ4v) is 6.05. The highest BCUT2D eigenvalue weighted by atomic mass is 32.2. The van der Waals surface area contributed by atoms with Gasteiger partial charge in [-0.3, -0.25) is 9.59 Å². The monoisotopic (exact) mass is 419 g/mol. The Morgan fingerprint density at radius 2 is 2.03 bits per heavy atom. The van der Waals surface area contributed by atoms with Gasteiger partial charge in [0.15, 0.2) is 9.84 Å². The molecule has 3 heterocycles. The number of benzene rings is 1. The quantitative estimate of drug-likeness (QED) is 0.739. The molecule has 0 radical (unpaired) electrons. The van der Waals surface area contributed by atoms with Crippen LogP contribution in [0, 0.1) is 6.92 Å². The third kappa shape index (κ3) is 3.63.